The van der Waals surface area contributed by atoms with E-state index in [1.165, 1.54) is 11.8 Å². The van der Waals surface area contributed by atoms with E-state index in [1.807, 2.05) is 67.6 Å². The van der Waals surface area contributed by atoms with Crippen LogP contribution in [0, 0.1) is 0 Å². The van der Waals surface area contributed by atoms with Gasteiger partial charge in [0, 0.05) is 16.8 Å². The lowest BCUT2D eigenvalue weighted by atomic mass is 10.1. The predicted octanol–water partition coefficient (Wildman–Crippen LogP) is 6.04. The molecule has 2 N–H and O–H groups in total. The number of carbonyl (C=O) groups excluding carboxylic acids is 2. The Hall–Kier alpha value is -3.84. The molecular weight excluding hydrogens is 446 g/mol. The quantitative estimate of drug-likeness (QED) is 0.230. The molecule has 7 heteroatoms. The number of nitrogens with zero attached hydrogens (tertiary/aromatic N) is 1. The molecule has 1 heterocycles. The molecule has 0 spiro atoms. The Kier molecular flexibility index (Phi) is 7.78. The number of benzene rings is 3. The van der Waals surface area contributed by atoms with Gasteiger partial charge in [-0.2, -0.15) is 0 Å². The number of aromatic nitrogens is 2. The fourth-order valence-corrected chi connectivity index (χ4v) is 4.01. The molecule has 6 nitrogen and oxygen atoms in total. The third-order valence-corrected chi connectivity index (χ3v) is 5.85. The van der Waals surface area contributed by atoms with Gasteiger partial charge in [-0.15, -0.1) is 0 Å². The van der Waals surface area contributed by atoms with Crippen LogP contribution in [0.25, 0.3) is 22.5 Å². The van der Waals surface area contributed by atoms with Gasteiger partial charge in [-0.05, 0) is 30.7 Å². The van der Waals surface area contributed by atoms with E-state index < -0.39 is 0 Å². The van der Waals surface area contributed by atoms with Gasteiger partial charge in [-0.25, -0.2) is 9.78 Å². The van der Waals surface area contributed by atoms with Crippen molar-refractivity contribution < 1.29 is 14.3 Å². The first-order valence-corrected chi connectivity index (χ1v) is 12.0. The van der Waals surface area contributed by atoms with Crippen molar-refractivity contribution >= 4 is 29.3 Å². The number of nitrogens with one attached hydrogen (secondary N) is 2. The van der Waals surface area contributed by atoms with Crippen LogP contribution in [-0.2, 0) is 9.53 Å². The predicted molar refractivity (Wildman–Crippen MR) is 136 cm³/mol. The number of carbonyl (C=O) groups is 2. The molecule has 0 aliphatic rings. The third-order valence-electron chi connectivity index (χ3n) is 4.97. The first kappa shape index (κ1) is 23.3. The van der Waals surface area contributed by atoms with E-state index >= 15 is 0 Å². The lowest BCUT2D eigenvalue weighted by molar-refractivity contribution is -0.113. The SMILES string of the molecule is CCCOC(=O)c1ccc(NC(=O)CSc2nc(-c3ccccc3)c(-c3ccccc3)[nH]2)cc1. The van der Waals surface area contributed by atoms with Crippen molar-refractivity contribution in [3.05, 3.63) is 90.5 Å². The van der Waals surface area contributed by atoms with Crippen molar-refractivity contribution in [2.75, 3.05) is 17.7 Å². The van der Waals surface area contributed by atoms with Crippen molar-refractivity contribution in [3.63, 3.8) is 0 Å². The van der Waals surface area contributed by atoms with Crippen molar-refractivity contribution in [2.24, 2.45) is 0 Å². The number of ether oxygens (including phenoxy) is 1. The van der Waals surface area contributed by atoms with Gasteiger partial charge in [0.15, 0.2) is 5.16 Å². The first-order chi connectivity index (χ1) is 16.6. The third kappa shape index (κ3) is 5.94. The number of imidazole rings is 1. The number of hydrogen-bond acceptors (Lipinski definition) is 5. The molecule has 1 amide bonds. The van der Waals surface area contributed by atoms with Crippen LogP contribution in [-0.4, -0.2) is 34.2 Å². The van der Waals surface area contributed by atoms with E-state index in [1.54, 1.807) is 24.3 Å². The summed E-state index contributed by atoms with van der Waals surface area (Å²) in [7, 11) is 0. The number of esters is 1. The lowest BCUT2D eigenvalue weighted by Gasteiger charge is -2.06. The molecule has 0 aliphatic carbocycles. The van der Waals surface area contributed by atoms with Gasteiger partial charge in [0.2, 0.25) is 5.91 Å². The van der Waals surface area contributed by atoms with Gasteiger partial charge >= 0.3 is 5.97 Å². The second-order valence-corrected chi connectivity index (χ2v) is 8.51. The minimum atomic E-state index is -0.364. The molecule has 3 aromatic carbocycles. The average molecular weight is 472 g/mol. The maximum Gasteiger partial charge on any atom is 0.338 e. The largest absolute Gasteiger partial charge is 0.462 e. The zero-order valence-corrected chi connectivity index (χ0v) is 19.6. The summed E-state index contributed by atoms with van der Waals surface area (Å²) in [4.78, 5) is 32.6. The number of amides is 1. The highest BCUT2D eigenvalue weighted by Crippen LogP contribution is 2.32. The van der Waals surface area contributed by atoms with Crippen LogP contribution >= 0.6 is 11.8 Å². The summed E-state index contributed by atoms with van der Waals surface area (Å²) in [5.74, 6) is -0.335. The second kappa shape index (κ2) is 11.3. The smallest absolute Gasteiger partial charge is 0.338 e. The zero-order valence-electron chi connectivity index (χ0n) is 18.8. The van der Waals surface area contributed by atoms with E-state index in [0.717, 1.165) is 28.9 Å². The van der Waals surface area contributed by atoms with Crippen LogP contribution in [0.5, 0.6) is 0 Å². The average Bonchev–Trinajstić information content (AvgIpc) is 3.32. The van der Waals surface area contributed by atoms with E-state index in [-0.39, 0.29) is 17.6 Å². The molecule has 4 rings (SSSR count). The molecule has 0 atom stereocenters. The van der Waals surface area contributed by atoms with E-state index in [4.69, 9.17) is 9.72 Å². The Morgan fingerprint density at radius 3 is 2.21 bits per heavy atom. The summed E-state index contributed by atoms with van der Waals surface area (Å²) >= 11 is 1.34. The fourth-order valence-electron chi connectivity index (χ4n) is 3.34. The highest BCUT2D eigenvalue weighted by atomic mass is 32.2. The molecule has 0 unspecified atom stereocenters. The molecule has 34 heavy (non-hydrogen) atoms. The number of anilines is 1. The Morgan fingerprint density at radius 1 is 0.912 bits per heavy atom. The normalized spacial score (nSPS) is 10.6. The molecule has 4 aromatic rings. The summed E-state index contributed by atoms with van der Waals surface area (Å²) < 4.78 is 5.12. The number of thioether (sulfide) groups is 1. The van der Waals surface area contributed by atoms with Gasteiger partial charge in [-0.1, -0.05) is 79.3 Å². The summed E-state index contributed by atoms with van der Waals surface area (Å²) in [6.07, 6.45) is 0.771. The van der Waals surface area contributed by atoms with Gasteiger partial charge in [0.25, 0.3) is 0 Å². The molecule has 0 saturated carbocycles. The molecule has 0 saturated heterocycles. The van der Waals surface area contributed by atoms with Crippen LogP contribution in [0.15, 0.2) is 90.1 Å². The van der Waals surface area contributed by atoms with Crippen LogP contribution in [0.3, 0.4) is 0 Å². The standard InChI is InChI=1S/C27H25N3O3S/c1-2-17-33-26(32)21-13-15-22(16-14-21)28-23(31)18-34-27-29-24(19-9-5-3-6-10-19)25(30-27)20-11-7-4-8-12-20/h3-16H,2,17-18H2,1H3,(H,28,31)(H,29,30). The summed E-state index contributed by atoms with van der Waals surface area (Å²) in [6, 6.07) is 26.7. The fraction of sp³-hybridized carbons (Fsp3) is 0.148. The molecule has 0 radical (unpaired) electrons. The topological polar surface area (TPSA) is 84.1 Å². The van der Waals surface area contributed by atoms with Crippen LogP contribution in [0.2, 0.25) is 0 Å². The number of hydrogen-bond donors (Lipinski definition) is 2. The van der Waals surface area contributed by atoms with E-state index in [9.17, 15) is 9.59 Å². The van der Waals surface area contributed by atoms with Crippen molar-refractivity contribution in [2.45, 2.75) is 18.5 Å². The maximum absolute atomic E-state index is 12.5. The molecule has 0 fully saturated rings. The number of aromatic amines is 1. The Labute approximate surface area is 202 Å². The highest BCUT2D eigenvalue weighted by Gasteiger charge is 2.15. The Bertz CT molecular complexity index is 1180. The molecule has 172 valence electrons. The van der Waals surface area contributed by atoms with E-state index in [0.29, 0.717) is 23.0 Å². The van der Waals surface area contributed by atoms with Gasteiger partial charge in [-0.3, -0.25) is 4.79 Å². The summed E-state index contributed by atoms with van der Waals surface area (Å²) in [5.41, 5.74) is 4.88. The Balaban J connectivity index is 1.42. The highest BCUT2D eigenvalue weighted by molar-refractivity contribution is 7.99. The summed E-state index contributed by atoms with van der Waals surface area (Å²) in [5, 5.41) is 3.52. The van der Waals surface area contributed by atoms with Crippen molar-refractivity contribution in [1.82, 2.24) is 9.97 Å². The molecule has 0 bridgehead atoms. The maximum atomic E-state index is 12.5. The van der Waals surface area contributed by atoms with Crippen molar-refractivity contribution in [1.29, 1.82) is 0 Å². The van der Waals surface area contributed by atoms with Crippen molar-refractivity contribution in [3.8, 4) is 22.5 Å². The first-order valence-electron chi connectivity index (χ1n) is 11.0. The summed E-state index contributed by atoms with van der Waals surface area (Å²) in [6.45, 7) is 2.33. The monoisotopic (exact) mass is 471 g/mol. The van der Waals surface area contributed by atoms with Gasteiger partial charge in [0.1, 0.15) is 0 Å². The number of rotatable bonds is 9. The van der Waals surface area contributed by atoms with Crippen LogP contribution in [0.4, 0.5) is 5.69 Å². The minimum Gasteiger partial charge on any atom is -0.462 e. The van der Waals surface area contributed by atoms with Gasteiger partial charge in [0.05, 0.1) is 29.3 Å². The van der Waals surface area contributed by atoms with Gasteiger partial charge < -0.3 is 15.0 Å². The van der Waals surface area contributed by atoms with Crippen LogP contribution in [0.1, 0.15) is 23.7 Å². The lowest BCUT2D eigenvalue weighted by Crippen LogP contribution is -2.14. The van der Waals surface area contributed by atoms with E-state index in [2.05, 4.69) is 10.3 Å². The molecule has 0 aliphatic heterocycles. The molecule has 1 aromatic heterocycles. The second-order valence-electron chi connectivity index (χ2n) is 7.55. The number of H-pyrrole nitrogens is 1. The zero-order chi connectivity index (χ0) is 23.8. The van der Waals surface area contributed by atoms with Crippen LogP contribution < -0.4 is 5.32 Å². The Morgan fingerprint density at radius 2 is 1.56 bits per heavy atom. The minimum absolute atomic E-state index is 0.162. The molecular formula is C27H25N3O3S.